The van der Waals surface area contributed by atoms with E-state index in [2.05, 4.69) is 72.6 Å². The van der Waals surface area contributed by atoms with Crippen molar-refractivity contribution in [3.63, 3.8) is 0 Å². The first-order valence-electron chi connectivity index (χ1n) is 8.34. The number of hydrogen-bond donors (Lipinski definition) is 2. The second kappa shape index (κ2) is 7.99. The molecular weight excluding hydrogens is 300 g/mol. The van der Waals surface area contributed by atoms with Gasteiger partial charge in [0.05, 0.1) is 12.7 Å². The van der Waals surface area contributed by atoms with E-state index in [4.69, 9.17) is 4.42 Å². The van der Waals surface area contributed by atoms with Crippen LogP contribution < -0.4 is 10.6 Å². The third kappa shape index (κ3) is 5.41. The van der Waals surface area contributed by atoms with Crippen LogP contribution in [0, 0.1) is 6.92 Å². The van der Waals surface area contributed by atoms with Crippen LogP contribution in [0.15, 0.2) is 39.9 Å². The maximum Gasteiger partial charge on any atom is 0.213 e. The molecule has 2 N–H and O–H groups in total. The number of benzene rings is 1. The van der Waals surface area contributed by atoms with Crippen LogP contribution in [-0.2, 0) is 18.4 Å². The number of oxazole rings is 1. The van der Waals surface area contributed by atoms with Crippen LogP contribution in [0.1, 0.15) is 43.5 Å². The Hall–Kier alpha value is -2.30. The molecule has 0 saturated heterocycles. The van der Waals surface area contributed by atoms with E-state index in [1.165, 1.54) is 11.1 Å². The van der Waals surface area contributed by atoms with Crippen molar-refractivity contribution < 1.29 is 4.42 Å². The van der Waals surface area contributed by atoms with Crippen LogP contribution in [-0.4, -0.2) is 24.5 Å². The van der Waals surface area contributed by atoms with Crippen LogP contribution in [0.2, 0.25) is 0 Å². The van der Waals surface area contributed by atoms with Crippen molar-refractivity contribution in [3.05, 3.63) is 53.2 Å². The predicted molar refractivity (Wildman–Crippen MR) is 98.3 cm³/mol. The normalized spacial score (nSPS) is 12.3. The van der Waals surface area contributed by atoms with E-state index >= 15 is 0 Å². The summed E-state index contributed by atoms with van der Waals surface area (Å²) in [4.78, 5) is 8.55. The number of guanidine groups is 1. The Morgan fingerprint density at radius 1 is 1.25 bits per heavy atom. The van der Waals surface area contributed by atoms with Gasteiger partial charge in [0, 0.05) is 19.0 Å². The maximum atomic E-state index is 5.77. The lowest BCUT2D eigenvalue weighted by atomic mass is 9.94. The molecule has 0 unspecified atom stereocenters. The van der Waals surface area contributed by atoms with Crippen molar-refractivity contribution in [3.8, 4) is 0 Å². The molecule has 0 spiro atoms. The number of nitrogens with zero attached hydrogens (tertiary/aromatic N) is 2. The van der Waals surface area contributed by atoms with E-state index in [-0.39, 0.29) is 5.41 Å². The summed E-state index contributed by atoms with van der Waals surface area (Å²) in [6.07, 6.45) is 2.75. The first-order valence-corrected chi connectivity index (χ1v) is 8.34. The molecule has 2 rings (SSSR count). The highest BCUT2D eigenvalue weighted by Gasteiger charge is 2.19. The molecule has 24 heavy (non-hydrogen) atoms. The van der Waals surface area contributed by atoms with Crippen molar-refractivity contribution in [2.24, 2.45) is 4.99 Å². The molecule has 2 aromatic rings. The fraction of sp³-hybridized carbons (Fsp3) is 0.474. The van der Waals surface area contributed by atoms with E-state index in [0.29, 0.717) is 12.4 Å². The van der Waals surface area contributed by atoms with Gasteiger partial charge in [-0.05, 0) is 18.9 Å². The van der Waals surface area contributed by atoms with E-state index in [1.54, 1.807) is 13.2 Å². The van der Waals surface area contributed by atoms with Crippen LogP contribution in [0.4, 0.5) is 0 Å². The third-order valence-electron chi connectivity index (χ3n) is 3.71. The van der Waals surface area contributed by atoms with Gasteiger partial charge in [0.1, 0.15) is 5.76 Å². The molecule has 5 heteroatoms. The summed E-state index contributed by atoms with van der Waals surface area (Å²) in [5, 5.41) is 6.54. The molecule has 0 bridgehead atoms. The first kappa shape index (κ1) is 18.0. The number of hydrogen-bond acceptors (Lipinski definition) is 3. The van der Waals surface area contributed by atoms with Gasteiger partial charge in [-0.1, -0.05) is 50.6 Å². The largest absolute Gasteiger partial charge is 0.443 e. The Bertz CT molecular complexity index is 683. The number of nitrogens with one attached hydrogen (secondary N) is 2. The molecule has 1 aromatic heterocycles. The quantitative estimate of drug-likeness (QED) is 0.653. The van der Waals surface area contributed by atoms with Crippen molar-refractivity contribution in [1.82, 2.24) is 15.6 Å². The van der Waals surface area contributed by atoms with Gasteiger partial charge in [-0.2, -0.15) is 0 Å². The van der Waals surface area contributed by atoms with E-state index in [1.807, 2.05) is 0 Å². The molecule has 0 radical (unpaired) electrons. The molecule has 0 aliphatic rings. The number of aryl methyl sites for hydroxylation is 1. The molecule has 0 amide bonds. The average molecular weight is 328 g/mol. The smallest absolute Gasteiger partial charge is 0.213 e. The zero-order valence-electron chi connectivity index (χ0n) is 15.3. The number of aromatic nitrogens is 1. The molecule has 0 aliphatic heterocycles. The Labute approximate surface area is 144 Å². The van der Waals surface area contributed by atoms with E-state index in [9.17, 15) is 0 Å². The third-order valence-corrected chi connectivity index (χ3v) is 3.71. The standard InChI is InChI=1S/C19H28N4O/c1-14-7-6-8-15(11-14)9-10-21-18(20-5)23-13-17-22-12-16(24-17)19(2,3)4/h6-8,11-12H,9-10,13H2,1-5H3,(H2,20,21,23). The van der Waals surface area contributed by atoms with Crippen LogP contribution in [0.25, 0.3) is 0 Å². The highest BCUT2D eigenvalue weighted by Crippen LogP contribution is 2.22. The highest BCUT2D eigenvalue weighted by molar-refractivity contribution is 5.79. The fourth-order valence-corrected chi connectivity index (χ4v) is 2.31. The predicted octanol–water partition coefficient (Wildman–Crippen LogP) is 3.19. The molecular formula is C19H28N4O. The molecule has 5 nitrogen and oxygen atoms in total. The Morgan fingerprint density at radius 3 is 2.67 bits per heavy atom. The summed E-state index contributed by atoms with van der Waals surface area (Å²) in [6.45, 7) is 9.77. The average Bonchev–Trinajstić information content (AvgIpc) is 3.00. The second-order valence-electron chi connectivity index (χ2n) is 6.96. The lowest BCUT2D eigenvalue weighted by molar-refractivity contribution is 0.379. The van der Waals surface area contributed by atoms with Gasteiger partial charge in [0.2, 0.25) is 5.89 Å². The zero-order chi connectivity index (χ0) is 17.6. The molecule has 0 fully saturated rings. The van der Waals surface area contributed by atoms with Gasteiger partial charge in [-0.3, -0.25) is 4.99 Å². The van der Waals surface area contributed by atoms with E-state index < -0.39 is 0 Å². The minimum absolute atomic E-state index is 0.0288. The van der Waals surface area contributed by atoms with Crippen LogP contribution in [0.3, 0.4) is 0 Å². The fourth-order valence-electron chi connectivity index (χ4n) is 2.31. The van der Waals surface area contributed by atoms with Crippen LogP contribution >= 0.6 is 0 Å². The minimum Gasteiger partial charge on any atom is -0.443 e. The summed E-state index contributed by atoms with van der Waals surface area (Å²) >= 11 is 0. The SMILES string of the molecule is CN=C(NCCc1cccc(C)c1)NCc1ncc(C(C)(C)C)o1. The van der Waals surface area contributed by atoms with Crippen molar-refractivity contribution in [2.75, 3.05) is 13.6 Å². The van der Waals surface area contributed by atoms with Gasteiger partial charge in [0.15, 0.2) is 5.96 Å². The van der Waals surface area contributed by atoms with Gasteiger partial charge in [-0.25, -0.2) is 4.98 Å². The molecule has 0 aliphatic carbocycles. The lowest BCUT2D eigenvalue weighted by Gasteiger charge is -2.13. The van der Waals surface area contributed by atoms with Crippen molar-refractivity contribution in [2.45, 2.75) is 46.1 Å². The maximum absolute atomic E-state index is 5.77. The Kier molecular flexibility index (Phi) is 6.01. The summed E-state index contributed by atoms with van der Waals surface area (Å²) in [5.41, 5.74) is 2.58. The number of rotatable bonds is 5. The summed E-state index contributed by atoms with van der Waals surface area (Å²) in [5.74, 6) is 2.31. The topological polar surface area (TPSA) is 62.5 Å². The molecule has 1 aromatic carbocycles. The Balaban J connectivity index is 1.79. The summed E-state index contributed by atoms with van der Waals surface area (Å²) in [6, 6.07) is 8.55. The number of aliphatic imine (C=N–C) groups is 1. The van der Waals surface area contributed by atoms with E-state index in [0.717, 1.165) is 24.7 Å². The van der Waals surface area contributed by atoms with Gasteiger partial charge in [0.25, 0.3) is 0 Å². The first-order chi connectivity index (χ1) is 11.4. The van der Waals surface area contributed by atoms with Gasteiger partial charge < -0.3 is 15.1 Å². The summed E-state index contributed by atoms with van der Waals surface area (Å²) < 4.78 is 5.77. The van der Waals surface area contributed by atoms with Gasteiger partial charge >= 0.3 is 0 Å². The van der Waals surface area contributed by atoms with Crippen molar-refractivity contribution >= 4 is 5.96 Å². The second-order valence-corrected chi connectivity index (χ2v) is 6.96. The lowest BCUT2D eigenvalue weighted by Crippen LogP contribution is -2.37. The van der Waals surface area contributed by atoms with Gasteiger partial charge in [-0.15, -0.1) is 0 Å². The monoisotopic (exact) mass is 328 g/mol. The summed E-state index contributed by atoms with van der Waals surface area (Å²) in [7, 11) is 1.76. The molecule has 130 valence electrons. The molecule has 0 saturated carbocycles. The minimum atomic E-state index is -0.0288. The van der Waals surface area contributed by atoms with Crippen molar-refractivity contribution in [1.29, 1.82) is 0 Å². The van der Waals surface area contributed by atoms with Crippen LogP contribution in [0.5, 0.6) is 0 Å². The Morgan fingerprint density at radius 2 is 2.04 bits per heavy atom. The zero-order valence-corrected chi connectivity index (χ0v) is 15.3. The molecule has 1 heterocycles. The highest BCUT2D eigenvalue weighted by atomic mass is 16.4. The molecule has 0 atom stereocenters.